The molecule has 1 heterocycles. The molecular formula is C17H11ClF3N3O2S. The minimum atomic E-state index is -4.76. The van der Waals surface area contributed by atoms with Crippen LogP contribution in [0.2, 0.25) is 0 Å². The number of hydrogen-bond acceptors (Lipinski definition) is 4. The van der Waals surface area contributed by atoms with E-state index in [2.05, 4.69) is 9.97 Å². The Balaban J connectivity index is 2.20. The van der Waals surface area contributed by atoms with E-state index in [1.165, 1.54) is 30.3 Å². The van der Waals surface area contributed by atoms with E-state index in [9.17, 15) is 21.6 Å². The number of sulfonamides is 1. The summed E-state index contributed by atoms with van der Waals surface area (Å²) in [5.41, 5.74) is 0.644. The van der Waals surface area contributed by atoms with Crippen molar-refractivity contribution in [1.82, 2.24) is 14.2 Å². The minimum absolute atomic E-state index is 0.0663. The van der Waals surface area contributed by atoms with Gasteiger partial charge in [0.05, 0.1) is 16.3 Å². The molecule has 2 aromatic carbocycles. The first-order valence-corrected chi connectivity index (χ1v) is 9.31. The van der Waals surface area contributed by atoms with Gasteiger partial charge in [-0.25, -0.2) is 18.4 Å². The first-order valence-electron chi connectivity index (χ1n) is 7.45. The first kappa shape index (κ1) is 19.3. The summed E-state index contributed by atoms with van der Waals surface area (Å²) in [4.78, 5) is 6.96. The number of hydrogen-bond donors (Lipinski definition) is 1. The molecule has 0 unspecified atom stereocenters. The van der Waals surface area contributed by atoms with E-state index in [0.29, 0.717) is 5.56 Å². The van der Waals surface area contributed by atoms with Gasteiger partial charge < -0.3 is 0 Å². The molecule has 5 nitrogen and oxygen atoms in total. The molecule has 1 aromatic heterocycles. The Morgan fingerprint density at radius 1 is 0.852 bits per heavy atom. The Hall–Kier alpha value is -2.49. The van der Waals surface area contributed by atoms with Crippen LogP contribution in [0.4, 0.5) is 13.2 Å². The lowest BCUT2D eigenvalue weighted by Crippen LogP contribution is -2.14. The molecule has 140 valence electrons. The van der Waals surface area contributed by atoms with Gasteiger partial charge in [-0.05, 0) is 30.0 Å². The van der Waals surface area contributed by atoms with Crippen LogP contribution in [0.3, 0.4) is 0 Å². The normalized spacial score (nSPS) is 12.1. The summed E-state index contributed by atoms with van der Waals surface area (Å²) in [6.07, 6.45) is -4.76. The molecular weight excluding hydrogens is 403 g/mol. The highest BCUT2D eigenvalue weighted by atomic mass is 35.5. The van der Waals surface area contributed by atoms with E-state index in [1.54, 1.807) is 34.6 Å². The van der Waals surface area contributed by atoms with Crippen LogP contribution < -0.4 is 4.24 Å². The zero-order valence-corrected chi connectivity index (χ0v) is 15.0. The third-order valence-electron chi connectivity index (χ3n) is 3.59. The number of rotatable bonds is 4. The van der Waals surface area contributed by atoms with Crippen molar-refractivity contribution in [2.75, 3.05) is 0 Å². The molecule has 0 aliphatic carbocycles. The first-order chi connectivity index (χ1) is 12.7. The molecule has 3 rings (SSSR count). The van der Waals surface area contributed by atoms with E-state index in [4.69, 9.17) is 11.8 Å². The van der Waals surface area contributed by atoms with Crippen LogP contribution in [0.25, 0.3) is 22.5 Å². The molecule has 0 spiro atoms. The smallest absolute Gasteiger partial charge is 0.224 e. The molecule has 1 N–H and O–H groups in total. The molecule has 0 aliphatic heterocycles. The van der Waals surface area contributed by atoms with Gasteiger partial charge in [0.2, 0.25) is 5.82 Å². The summed E-state index contributed by atoms with van der Waals surface area (Å²) in [6.45, 7) is 0. The van der Waals surface area contributed by atoms with Gasteiger partial charge in [-0.15, -0.1) is 4.24 Å². The second kappa shape index (κ2) is 7.26. The third-order valence-corrected chi connectivity index (χ3v) is 5.28. The van der Waals surface area contributed by atoms with E-state index in [-0.39, 0.29) is 21.8 Å². The van der Waals surface area contributed by atoms with Crippen LogP contribution in [0, 0.1) is 0 Å². The predicted octanol–water partition coefficient (Wildman–Crippen LogP) is 4.26. The molecule has 0 amide bonds. The predicted molar refractivity (Wildman–Crippen MR) is 94.1 cm³/mol. The highest BCUT2D eigenvalue weighted by Gasteiger charge is 2.35. The molecule has 0 fully saturated rings. The zero-order valence-electron chi connectivity index (χ0n) is 13.4. The monoisotopic (exact) mass is 413 g/mol. The number of halogens is 4. The molecule has 27 heavy (non-hydrogen) atoms. The van der Waals surface area contributed by atoms with Gasteiger partial charge in [-0.3, -0.25) is 0 Å². The highest BCUT2D eigenvalue weighted by Crippen LogP contribution is 2.32. The van der Waals surface area contributed by atoms with Gasteiger partial charge in [-0.1, -0.05) is 42.5 Å². The number of nitrogens with one attached hydrogen (secondary N) is 1. The number of alkyl halides is 3. The summed E-state index contributed by atoms with van der Waals surface area (Å²) in [6, 6.07) is 14.9. The van der Waals surface area contributed by atoms with Crippen molar-refractivity contribution in [2.45, 2.75) is 11.1 Å². The Morgan fingerprint density at radius 2 is 1.44 bits per heavy atom. The van der Waals surface area contributed by atoms with E-state index in [1.807, 2.05) is 0 Å². The largest absolute Gasteiger partial charge is 0.451 e. The Labute approximate surface area is 158 Å². The quantitative estimate of drug-likeness (QED) is 0.649. The lowest BCUT2D eigenvalue weighted by Gasteiger charge is -2.11. The van der Waals surface area contributed by atoms with Crippen molar-refractivity contribution in [2.24, 2.45) is 0 Å². The van der Waals surface area contributed by atoms with Crippen LogP contribution in [0.1, 0.15) is 5.82 Å². The van der Waals surface area contributed by atoms with Crippen LogP contribution in [0.15, 0.2) is 65.6 Å². The maximum Gasteiger partial charge on any atom is 0.451 e. The topological polar surface area (TPSA) is 72.0 Å². The van der Waals surface area contributed by atoms with Crippen molar-refractivity contribution in [1.29, 1.82) is 0 Å². The molecule has 0 atom stereocenters. The summed E-state index contributed by atoms with van der Waals surface area (Å²) in [5.74, 6) is -1.32. The molecule has 0 saturated carbocycles. The maximum atomic E-state index is 13.3. The van der Waals surface area contributed by atoms with Crippen molar-refractivity contribution < 1.29 is 21.6 Å². The van der Waals surface area contributed by atoms with Crippen LogP contribution in [-0.2, 0) is 16.2 Å². The number of benzene rings is 2. The van der Waals surface area contributed by atoms with E-state index in [0.717, 1.165) is 0 Å². The Bertz CT molecular complexity index is 1070. The van der Waals surface area contributed by atoms with Gasteiger partial charge in [0.25, 0.3) is 10.0 Å². The summed E-state index contributed by atoms with van der Waals surface area (Å²) >= 11 is 5.20. The summed E-state index contributed by atoms with van der Waals surface area (Å²) < 4.78 is 65.1. The zero-order chi connectivity index (χ0) is 19.7. The average molecular weight is 414 g/mol. The van der Waals surface area contributed by atoms with Crippen LogP contribution in [0.5, 0.6) is 0 Å². The standard InChI is InChI=1S/C17H11ClF3N3O2S/c18-24-27(25,26)13-8-4-7-12(9-13)15-10-14(11-5-2-1-3-6-11)22-16(23-15)17(19,20)21/h1-10,24H. The fraction of sp³-hybridized carbons (Fsp3) is 0.0588. The molecule has 0 bridgehead atoms. The van der Waals surface area contributed by atoms with Crippen molar-refractivity contribution in [3.8, 4) is 22.5 Å². The van der Waals surface area contributed by atoms with Gasteiger partial charge in [-0.2, -0.15) is 13.2 Å². The SMILES string of the molecule is O=S(=O)(NCl)c1cccc(-c2cc(-c3ccccc3)nc(C(F)(F)F)n2)c1. The van der Waals surface area contributed by atoms with Gasteiger partial charge in [0.15, 0.2) is 0 Å². The Kier molecular flexibility index (Phi) is 5.18. The van der Waals surface area contributed by atoms with Gasteiger partial charge in [0, 0.05) is 11.1 Å². The van der Waals surface area contributed by atoms with Gasteiger partial charge in [0.1, 0.15) is 0 Å². The minimum Gasteiger partial charge on any atom is -0.224 e. The number of aromatic nitrogens is 2. The van der Waals surface area contributed by atoms with Crippen molar-refractivity contribution >= 4 is 21.8 Å². The van der Waals surface area contributed by atoms with E-state index >= 15 is 0 Å². The van der Waals surface area contributed by atoms with Gasteiger partial charge >= 0.3 is 6.18 Å². The van der Waals surface area contributed by atoms with Crippen LogP contribution in [-0.4, -0.2) is 18.4 Å². The van der Waals surface area contributed by atoms with Crippen LogP contribution >= 0.6 is 11.8 Å². The second-order valence-electron chi connectivity index (χ2n) is 5.43. The third kappa shape index (κ3) is 4.26. The molecule has 0 radical (unpaired) electrons. The summed E-state index contributed by atoms with van der Waals surface area (Å²) in [5, 5.41) is 0. The fourth-order valence-electron chi connectivity index (χ4n) is 2.35. The lowest BCUT2D eigenvalue weighted by molar-refractivity contribution is -0.144. The average Bonchev–Trinajstić information content (AvgIpc) is 2.68. The molecule has 0 aliphatic rings. The highest BCUT2D eigenvalue weighted by molar-refractivity contribution is 7.90. The second-order valence-corrected chi connectivity index (χ2v) is 7.53. The molecule has 0 saturated heterocycles. The van der Waals surface area contributed by atoms with Crippen molar-refractivity contribution in [3.63, 3.8) is 0 Å². The van der Waals surface area contributed by atoms with Crippen molar-refractivity contribution in [3.05, 3.63) is 66.5 Å². The summed E-state index contributed by atoms with van der Waals surface area (Å²) in [7, 11) is -3.98. The number of nitrogens with zero attached hydrogens (tertiary/aromatic N) is 2. The fourth-order valence-corrected chi connectivity index (χ4v) is 3.24. The molecule has 3 aromatic rings. The van der Waals surface area contributed by atoms with E-state index < -0.39 is 22.0 Å². The lowest BCUT2D eigenvalue weighted by atomic mass is 10.1. The maximum absolute atomic E-state index is 13.3. The molecule has 10 heteroatoms. The Morgan fingerprint density at radius 3 is 2.04 bits per heavy atom.